The van der Waals surface area contributed by atoms with Crippen molar-refractivity contribution in [3.05, 3.63) is 130 Å². The molecule has 0 spiro atoms. The number of nitrogens with one attached hydrogen (secondary N) is 1. The number of aromatic nitrogens is 1. The third kappa shape index (κ3) is 4.76. The van der Waals surface area contributed by atoms with Crippen LogP contribution in [0.3, 0.4) is 0 Å². The zero-order valence-electron chi connectivity index (χ0n) is 20.3. The van der Waals surface area contributed by atoms with E-state index in [1.165, 1.54) is 16.7 Å². The highest BCUT2D eigenvalue weighted by molar-refractivity contribution is 5.94. The second-order valence-corrected chi connectivity index (χ2v) is 8.98. The van der Waals surface area contributed by atoms with Crippen molar-refractivity contribution in [1.82, 2.24) is 4.57 Å². The number of aryl methyl sites for hydroxylation is 2. The highest BCUT2D eigenvalue weighted by Crippen LogP contribution is 2.30. The molecule has 0 atom stereocenters. The summed E-state index contributed by atoms with van der Waals surface area (Å²) >= 11 is 0. The van der Waals surface area contributed by atoms with Crippen LogP contribution in [0.25, 0.3) is 27.8 Å². The van der Waals surface area contributed by atoms with Gasteiger partial charge in [-0.05, 0) is 60.7 Å². The molecule has 0 aliphatic rings. The van der Waals surface area contributed by atoms with Crippen LogP contribution in [0.5, 0.6) is 0 Å². The van der Waals surface area contributed by atoms with E-state index in [9.17, 15) is 4.79 Å². The number of benzene rings is 4. The van der Waals surface area contributed by atoms with Gasteiger partial charge in [-0.1, -0.05) is 85.3 Å². The Morgan fingerprint density at radius 3 is 2.23 bits per heavy atom. The number of hydrogen-bond acceptors (Lipinski definition) is 2. The molecular weight excluding hydrogens is 428 g/mol. The molecule has 0 aliphatic heterocycles. The van der Waals surface area contributed by atoms with Crippen molar-refractivity contribution in [2.75, 3.05) is 11.9 Å². The van der Waals surface area contributed by atoms with Crippen molar-refractivity contribution in [2.24, 2.45) is 0 Å². The first-order chi connectivity index (χ1) is 17.1. The maximum absolute atomic E-state index is 13.5. The number of fused-ring (bicyclic) bond motifs is 1. The van der Waals surface area contributed by atoms with Crippen molar-refractivity contribution in [1.29, 1.82) is 0 Å². The first-order valence-electron chi connectivity index (χ1n) is 12.3. The first-order valence-corrected chi connectivity index (χ1v) is 12.3. The van der Waals surface area contributed by atoms with Crippen molar-refractivity contribution in [2.45, 2.75) is 26.7 Å². The minimum Gasteiger partial charge on any atom is -0.384 e. The summed E-state index contributed by atoms with van der Waals surface area (Å²) in [6.07, 6.45) is 1.89. The molecule has 3 heteroatoms. The normalized spacial score (nSPS) is 11.0. The fourth-order valence-electron chi connectivity index (χ4n) is 4.61. The molecule has 0 radical (unpaired) electrons. The van der Waals surface area contributed by atoms with E-state index in [2.05, 4.69) is 96.5 Å². The summed E-state index contributed by atoms with van der Waals surface area (Å²) in [6.45, 7) is 5.00. The molecule has 174 valence electrons. The van der Waals surface area contributed by atoms with Gasteiger partial charge in [-0.25, -0.2) is 0 Å². The summed E-state index contributed by atoms with van der Waals surface area (Å²) in [5.41, 5.74) is 8.53. The standard InChI is InChI=1S/C32H30N2O/c1-3-24-14-18-27(19-15-24)34-29-11-7-10-28(33-21-20-25-8-5-4-6-9-25)32(29)31(35)22-30(34)26-16-12-23(2)13-17-26/h4-19,22,33H,3,20-21H2,1-2H3. The molecular formula is C32H30N2O. The third-order valence-electron chi connectivity index (χ3n) is 6.56. The molecule has 0 unspecified atom stereocenters. The lowest BCUT2D eigenvalue weighted by Crippen LogP contribution is -2.14. The smallest absolute Gasteiger partial charge is 0.192 e. The Labute approximate surface area is 206 Å². The average Bonchev–Trinajstić information content (AvgIpc) is 2.90. The maximum Gasteiger partial charge on any atom is 0.192 e. The SMILES string of the molecule is CCc1ccc(-n2c(-c3ccc(C)cc3)cc(=O)c3c(NCCc4ccccc4)cccc32)cc1. The second-order valence-electron chi connectivity index (χ2n) is 8.98. The molecule has 0 saturated heterocycles. The molecule has 0 amide bonds. The van der Waals surface area contributed by atoms with E-state index < -0.39 is 0 Å². The highest BCUT2D eigenvalue weighted by atomic mass is 16.1. The van der Waals surface area contributed by atoms with Crippen molar-refractivity contribution < 1.29 is 0 Å². The second kappa shape index (κ2) is 10.0. The van der Waals surface area contributed by atoms with Gasteiger partial charge in [0.2, 0.25) is 0 Å². The Morgan fingerprint density at radius 1 is 0.771 bits per heavy atom. The average molecular weight is 459 g/mol. The molecule has 1 N–H and O–H groups in total. The predicted octanol–water partition coefficient (Wildman–Crippen LogP) is 7.18. The van der Waals surface area contributed by atoms with Crippen LogP contribution < -0.4 is 10.7 Å². The van der Waals surface area contributed by atoms with Gasteiger partial charge in [0.1, 0.15) is 0 Å². The van der Waals surface area contributed by atoms with Crippen LogP contribution in [0.4, 0.5) is 5.69 Å². The van der Waals surface area contributed by atoms with Crippen LogP contribution in [0.2, 0.25) is 0 Å². The Kier molecular flexibility index (Phi) is 6.49. The summed E-state index contributed by atoms with van der Waals surface area (Å²) < 4.78 is 2.21. The van der Waals surface area contributed by atoms with E-state index in [-0.39, 0.29) is 5.43 Å². The van der Waals surface area contributed by atoms with E-state index in [0.717, 1.165) is 52.9 Å². The van der Waals surface area contributed by atoms with E-state index in [1.54, 1.807) is 6.07 Å². The summed E-state index contributed by atoms with van der Waals surface area (Å²) in [4.78, 5) is 13.5. The third-order valence-corrected chi connectivity index (χ3v) is 6.56. The van der Waals surface area contributed by atoms with E-state index in [4.69, 9.17) is 0 Å². The van der Waals surface area contributed by atoms with Crippen LogP contribution in [0, 0.1) is 6.92 Å². The molecule has 0 aliphatic carbocycles. The zero-order valence-corrected chi connectivity index (χ0v) is 20.3. The van der Waals surface area contributed by atoms with Crippen LogP contribution in [0.15, 0.2) is 108 Å². The lowest BCUT2D eigenvalue weighted by molar-refractivity contribution is 1.02. The molecule has 3 nitrogen and oxygen atoms in total. The molecule has 0 fully saturated rings. The van der Waals surface area contributed by atoms with Gasteiger partial charge in [0, 0.05) is 24.0 Å². The van der Waals surface area contributed by atoms with Crippen LogP contribution >= 0.6 is 0 Å². The summed E-state index contributed by atoms with van der Waals surface area (Å²) in [5.74, 6) is 0. The molecule has 4 aromatic carbocycles. The first kappa shape index (κ1) is 22.7. The topological polar surface area (TPSA) is 34.0 Å². The summed E-state index contributed by atoms with van der Waals surface area (Å²) in [7, 11) is 0. The Hall–Kier alpha value is -4.11. The summed E-state index contributed by atoms with van der Waals surface area (Å²) in [6, 6.07) is 35.3. The van der Waals surface area contributed by atoms with Crippen molar-refractivity contribution in [3.8, 4) is 16.9 Å². The van der Waals surface area contributed by atoms with Crippen molar-refractivity contribution >= 4 is 16.6 Å². The van der Waals surface area contributed by atoms with Crippen molar-refractivity contribution in [3.63, 3.8) is 0 Å². The predicted molar refractivity (Wildman–Crippen MR) is 148 cm³/mol. The molecule has 1 aromatic heterocycles. The van der Waals surface area contributed by atoms with Gasteiger partial charge in [0.15, 0.2) is 5.43 Å². The van der Waals surface area contributed by atoms with Gasteiger partial charge in [-0.15, -0.1) is 0 Å². The van der Waals surface area contributed by atoms with Gasteiger partial charge in [0.25, 0.3) is 0 Å². The number of pyridine rings is 1. The van der Waals surface area contributed by atoms with Crippen LogP contribution in [-0.2, 0) is 12.8 Å². The summed E-state index contributed by atoms with van der Waals surface area (Å²) in [5, 5.41) is 4.25. The Balaban J connectivity index is 1.64. The quantitative estimate of drug-likeness (QED) is 0.280. The van der Waals surface area contributed by atoms with Gasteiger partial charge >= 0.3 is 0 Å². The lowest BCUT2D eigenvalue weighted by atomic mass is 10.0. The monoisotopic (exact) mass is 458 g/mol. The highest BCUT2D eigenvalue weighted by Gasteiger charge is 2.15. The van der Waals surface area contributed by atoms with Gasteiger partial charge < -0.3 is 9.88 Å². The van der Waals surface area contributed by atoms with E-state index in [0.29, 0.717) is 0 Å². The molecule has 5 aromatic rings. The van der Waals surface area contributed by atoms with Gasteiger partial charge in [-0.2, -0.15) is 0 Å². The number of nitrogens with zero attached hydrogens (tertiary/aromatic N) is 1. The van der Waals surface area contributed by atoms with Crippen LogP contribution in [-0.4, -0.2) is 11.1 Å². The molecule has 0 bridgehead atoms. The lowest BCUT2D eigenvalue weighted by Gasteiger charge is -2.19. The minimum atomic E-state index is 0.0276. The Bertz CT molecular complexity index is 1500. The molecule has 5 rings (SSSR count). The molecule has 0 saturated carbocycles. The maximum atomic E-state index is 13.5. The van der Waals surface area contributed by atoms with E-state index in [1.807, 2.05) is 24.3 Å². The van der Waals surface area contributed by atoms with Crippen LogP contribution in [0.1, 0.15) is 23.6 Å². The fourth-order valence-corrected chi connectivity index (χ4v) is 4.61. The minimum absolute atomic E-state index is 0.0276. The fraction of sp³-hybridized carbons (Fsp3) is 0.156. The number of hydrogen-bond donors (Lipinski definition) is 1. The van der Waals surface area contributed by atoms with Gasteiger partial charge in [-0.3, -0.25) is 4.79 Å². The van der Waals surface area contributed by atoms with E-state index >= 15 is 0 Å². The van der Waals surface area contributed by atoms with Gasteiger partial charge in [0.05, 0.1) is 16.6 Å². The molecule has 35 heavy (non-hydrogen) atoms. The molecule has 1 heterocycles. The zero-order chi connectivity index (χ0) is 24.2. The largest absolute Gasteiger partial charge is 0.384 e. The number of rotatable bonds is 7. The Morgan fingerprint density at radius 2 is 1.51 bits per heavy atom. The number of anilines is 1.